The first-order chi connectivity index (χ1) is 11.3. The summed E-state index contributed by atoms with van der Waals surface area (Å²) in [5, 5.41) is 3.67. The molecule has 0 bridgehead atoms. The van der Waals surface area contributed by atoms with Crippen molar-refractivity contribution in [2.75, 3.05) is 17.3 Å². The zero-order chi connectivity index (χ0) is 17.9. The van der Waals surface area contributed by atoms with Crippen molar-refractivity contribution in [1.82, 2.24) is 0 Å². The summed E-state index contributed by atoms with van der Waals surface area (Å²) in [6.07, 6.45) is 1.95. The van der Waals surface area contributed by atoms with Crippen molar-refractivity contribution >= 4 is 17.5 Å². The van der Waals surface area contributed by atoms with E-state index in [4.69, 9.17) is 0 Å². The molecule has 0 saturated heterocycles. The minimum Gasteiger partial charge on any atom is -0.378 e. The fourth-order valence-corrected chi connectivity index (χ4v) is 3.13. The maximum absolute atomic E-state index is 3.99. The molecule has 0 saturated carbocycles. The summed E-state index contributed by atoms with van der Waals surface area (Å²) in [7, 11) is 2.17. The molecule has 1 unspecified atom stereocenters. The van der Waals surface area contributed by atoms with Crippen LogP contribution in [0, 0.1) is 13.8 Å². The van der Waals surface area contributed by atoms with E-state index in [0.717, 1.165) is 5.69 Å². The van der Waals surface area contributed by atoms with Gasteiger partial charge < -0.3 is 10.2 Å². The van der Waals surface area contributed by atoms with E-state index in [9.17, 15) is 0 Å². The van der Waals surface area contributed by atoms with Gasteiger partial charge in [0, 0.05) is 24.5 Å². The zero-order valence-electron chi connectivity index (χ0n) is 15.9. The molecule has 2 nitrogen and oxygen atoms in total. The van der Waals surface area contributed by atoms with Crippen molar-refractivity contribution in [3.63, 3.8) is 0 Å². The number of hydrogen-bond donors (Lipinski definition) is 1. The molecule has 24 heavy (non-hydrogen) atoms. The Balaban J connectivity index is 2.33. The topological polar surface area (TPSA) is 15.3 Å². The number of para-hydroxylation sites is 1. The Labute approximate surface area is 147 Å². The molecular formula is C22H30N2. The maximum atomic E-state index is 3.99. The van der Waals surface area contributed by atoms with Gasteiger partial charge in [-0.3, -0.25) is 0 Å². The fraction of sp³-hybridized carbons (Fsp3) is 0.364. The average molecular weight is 322 g/mol. The maximum Gasteiger partial charge on any atom is 0.0517 e. The van der Waals surface area contributed by atoms with Crippen LogP contribution >= 0.6 is 0 Å². The van der Waals surface area contributed by atoms with Gasteiger partial charge in [-0.05, 0) is 63.4 Å². The van der Waals surface area contributed by atoms with Crippen molar-refractivity contribution in [1.29, 1.82) is 0 Å². The SMILES string of the molecule is C=Cc1ccc(C)c(C)c1N(C)C(C)C(C)(C)Nc1ccccc1. The van der Waals surface area contributed by atoms with Crippen LogP contribution in [-0.4, -0.2) is 18.6 Å². The van der Waals surface area contributed by atoms with Crippen LogP contribution in [0.3, 0.4) is 0 Å². The number of hydrogen-bond acceptors (Lipinski definition) is 2. The highest BCUT2D eigenvalue weighted by molar-refractivity contribution is 5.72. The highest BCUT2D eigenvalue weighted by Crippen LogP contribution is 2.32. The fourth-order valence-electron chi connectivity index (χ4n) is 3.13. The van der Waals surface area contributed by atoms with E-state index >= 15 is 0 Å². The van der Waals surface area contributed by atoms with Crippen LogP contribution in [0.15, 0.2) is 49.0 Å². The molecule has 0 aromatic heterocycles. The lowest BCUT2D eigenvalue weighted by atomic mass is 9.92. The van der Waals surface area contributed by atoms with Gasteiger partial charge in [-0.15, -0.1) is 0 Å². The molecule has 128 valence electrons. The van der Waals surface area contributed by atoms with Crippen molar-refractivity contribution in [2.24, 2.45) is 0 Å². The highest BCUT2D eigenvalue weighted by atomic mass is 15.2. The molecular weight excluding hydrogens is 292 g/mol. The molecule has 2 heteroatoms. The second-order valence-electron chi connectivity index (χ2n) is 7.15. The monoisotopic (exact) mass is 322 g/mol. The first kappa shape index (κ1) is 18.1. The Morgan fingerprint density at radius 1 is 1.08 bits per heavy atom. The molecule has 1 N–H and O–H groups in total. The van der Waals surface area contributed by atoms with Gasteiger partial charge in [-0.2, -0.15) is 0 Å². The lowest BCUT2D eigenvalue weighted by molar-refractivity contribution is 0.453. The number of nitrogens with one attached hydrogen (secondary N) is 1. The third-order valence-corrected chi connectivity index (χ3v) is 5.17. The van der Waals surface area contributed by atoms with E-state index in [1.54, 1.807) is 0 Å². The lowest BCUT2D eigenvalue weighted by Gasteiger charge is -2.42. The first-order valence-electron chi connectivity index (χ1n) is 8.56. The molecule has 0 spiro atoms. The average Bonchev–Trinajstić information content (AvgIpc) is 2.56. The second kappa shape index (κ2) is 7.12. The van der Waals surface area contributed by atoms with E-state index in [2.05, 4.69) is 94.9 Å². The van der Waals surface area contributed by atoms with Crippen LogP contribution in [0.4, 0.5) is 11.4 Å². The molecule has 0 aliphatic heterocycles. The van der Waals surface area contributed by atoms with Gasteiger partial charge in [-0.25, -0.2) is 0 Å². The van der Waals surface area contributed by atoms with E-state index < -0.39 is 0 Å². The summed E-state index contributed by atoms with van der Waals surface area (Å²) in [5.74, 6) is 0. The standard InChI is InChI=1S/C22H30N2/c1-8-19-15-14-16(2)17(3)21(19)24(7)18(4)22(5,6)23-20-12-10-9-11-13-20/h8-15,18,23H,1H2,2-7H3. The van der Waals surface area contributed by atoms with Gasteiger partial charge in [0.15, 0.2) is 0 Å². The van der Waals surface area contributed by atoms with E-state index in [0.29, 0.717) is 0 Å². The number of rotatable bonds is 6. The normalized spacial score (nSPS) is 12.6. The second-order valence-corrected chi connectivity index (χ2v) is 7.15. The first-order valence-corrected chi connectivity index (χ1v) is 8.56. The molecule has 0 radical (unpaired) electrons. The minimum absolute atomic E-state index is 0.0925. The van der Waals surface area contributed by atoms with Gasteiger partial charge >= 0.3 is 0 Å². The number of likely N-dealkylation sites (N-methyl/N-ethyl adjacent to an activating group) is 1. The number of anilines is 2. The van der Waals surface area contributed by atoms with Crippen molar-refractivity contribution in [3.8, 4) is 0 Å². The molecule has 0 aliphatic carbocycles. The van der Waals surface area contributed by atoms with Crippen molar-refractivity contribution in [2.45, 2.75) is 46.2 Å². The minimum atomic E-state index is -0.0925. The number of benzene rings is 2. The largest absolute Gasteiger partial charge is 0.378 e. The third-order valence-electron chi connectivity index (χ3n) is 5.17. The molecule has 2 aromatic rings. The van der Waals surface area contributed by atoms with Gasteiger partial charge in [0.05, 0.1) is 5.54 Å². The predicted molar refractivity (Wildman–Crippen MR) is 108 cm³/mol. The zero-order valence-corrected chi connectivity index (χ0v) is 15.9. The molecule has 0 aliphatic rings. The van der Waals surface area contributed by atoms with Crippen LogP contribution < -0.4 is 10.2 Å². The molecule has 1 atom stereocenters. The summed E-state index contributed by atoms with van der Waals surface area (Å²) >= 11 is 0. The Morgan fingerprint density at radius 2 is 1.71 bits per heavy atom. The van der Waals surface area contributed by atoms with Crippen LogP contribution in [-0.2, 0) is 0 Å². The molecule has 2 aromatic carbocycles. The van der Waals surface area contributed by atoms with E-state index in [-0.39, 0.29) is 11.6 Å². The summed E-state index contributed by atoms with van der Waals surface area (Å²) in [5.41, 5.74) is 6.13. The Bertz CT molecular complexity index is 701. The summed E-state index contributed by atoms with van der Waals surface area (Å²) in [4.78, 5) is 2.37. The number of nitrogens with zero attached hydrogens (tertiary/aromatic N) is 1. The predicted octanol–water partition coefficient (Wildman–Crippen LogP) is 5.66. The Morgan fingerprint density at radius 3 is 2.29 bits per heavy atom. The van der Waals surface area contributed by atoms with Crippen LogP contribution in [0.1, 0.15) is 37.5 Å². The molecule has 2 rings (SSSR count). The van der Waals surface area contributed by atoms with E-state index in [1.165, 1.54) is 22.4 Å². The number of aryl methyl sites for hydroxylation is 1. The quantitative estimate of drug-likeness (QED) is 0.738. The molecule has 0 fully saturated rings. The summed E-state index contributed by atoms with van der Waals surface area (Å²) < 4.78 is 0. The molecule has 0 amide bonds. The van der Waals surface area contributed by atoms with Crippen molar-refractivity contribution < 1.29 is 0 Å². The van der Waals surface area contributed by atoms with Gasteiger partial charge in [0.2, 0.25) is 0 Å². The van der Waals surface area contributed by atoms with Gasteiger partial charge in [-0.1, -0.05) is 43.0 Å². The smallest absolute Gasteiger partial charge is 0.0517 e. The van der Waals surface area contributed by atoms with Gasteiger partial charge in [0.25, 0.3) is 0 Å². The Hall–Kier alpha value is -2.22. The van der Waals surface area contributed by atoms with Crippen molar-refractivity contribution in [3.05, 3.63) is 65.7 Å². The highest BCUT2D eigenvalue weighted by Gasteiger charge is 2.30. The molecule has 0 heterocycles. The van der Waals surface area contributed by atoms with Crippen LogP contribution in [0.2, 0.25) is 0 Å². The van der Waals surface area contributed by atoms with Gasteiger partial charge in [0.1, 0.15) is 0 Å². The summed E-state index contributed by atoms with van der Waals surface area (Å²) in [6, 6.07) is 15.0. The lowest BCUT2D eigenvalue weighted by Crippen LogP contribution is -2.51. The van der Waals surface area contributed by atoms with Crippen LogP contribution in [0.5, 0.6) is 0 Å². The van der Waals surface area contributed by atoms with E-state index in [1.807, 2.05) is 12.1 Å². The third kappa shape index (κ3) is 3.64. The Kier molecular flexibility index (Phi) is 5.38. The summed E-state index contributed by atoms with van der Waals surface area (Å²) in [6.45, 7) is 15.1. The van der Waals surface area contributed by atoms with Crippen LogP contribution in [0.25, 0.3) is 6.08 Å².